The minimum Gasteiger partial charge on any atom is -0.383 e. The van der Waals surface area contributed by atoms with E-state index in [1.807, 2.05) is 4.90 Å². The van der Waals surface area contributed by atoms with Crippen molar-refractivity contribution in [2.24, 2.45) is 0 Å². The van der Waals surface area contributed by atoms with E-state index in [1.165, 1.54) is 11.1 Å². The number of aryl methyl sites for hydroxylation is 1. The van der Waals surface area contributed by atoms with Crippen LogP contribution >= 0.6 is 0 Å². The van der Waals surface area contributed by atoms with Crippen LogP contribution in [0.15, 0.2) is 24.3 Å². The van der Waals surface area contributed by atoms with Crippen molar-refractivity contribution in [3.05, 3.63) is 35.4 Å². The largest absolute Gasteiger partial charge is 0.383 e. The predicted molar refractivity (Wildman–Crippen MR) is 84.4 cm³/mol. The molecular formula is C17H26N2O2. The second-order valence-corrected chi connectivity index (χ2v) is 5.74. The molecule has 1 unspecified atom stereocenters. The van der Waals surface area contributed by atoms with E-state index in [4.69, 9.17) is 4.74 Å². The van der Waals surface area contributed by atoms with E-state index in [0.717, 1.165) is 32.4 Å². The Labute approximate surface area is 127 Å². The van der Waals surface area contributed by atoms with Gasteiger partial charge in [-0.2, -0.15) is 0 Å². The number of hydrogen-bond acceptors (Lipinski definition) is 3. The lowest BCUT2D eigenvalue weighted by Crippen LogP contribution is -2.42. The van der Waals surface area contributed by atoms with Gasteiger partial charge < -0.3 is 15.0 Å². The summed E-state index contributed by atoms with van der Waals surface area (Å²) >= 11 is 0. The Morgan fingerprint density at radius 2 is 2.14 bits per heavy atom. The Balaban J connectivity index is 1.84. The highest BCUT2D eigenvalue weighted by Gasteiger charge is 2.28. The zero-order valence-electron chi connectivity index (χ0n) is 13.1. The van der Waals surface area contributed by atoms with Crippen molar-refractivity contribution in [2.45, 2.75) is 32.2 Å². The van der Waals surface area contributed by atoms with E-state index in [1.54, 1.807) is 7.11 Å². The fourth-order valence-electron chi connectivity index (χ4n) is 2.84. The van der Waals surface area contributed by atoms with Gasteiger partial charge in [-0.25, -0.2) is 0 Å². The molecule has 1 aromatic carbocycles. The third kappa shape index (κ3) is 4.83. The summed E-state index contributed by atoms with van der Waals surface area (Å²) in [6.45, 7) is 4.76. The second-order valence-electron chi connectivity index (χ2n) is 5.74. The van der Waals surface area contributed by atoms with Gasteiger partial charge in [-0.15, -0.1) is 0 Å². The number of hydrogen-bond donors (Lipinski definition) is 1. The number of ether oxygens (including phenoxy) is 1. The molecule has 0 aliphatic carbocycles. The first-order valence-corrected chi connectivity index (χ1v) is 7.75. The van der Waals surface area contributed by atoms with Crippen LogP contribution in [0, 0.1) is 6.92 Å². The zero-order valence-corrected chi connectivity index (χ0v) is 13.1. The highest BCUT2D eigenvalue weighted by Crippen LogP contribution is 2.21. The van der Waals surface area contributed by atoms with Gasteiger partial charge in [-0.3, -0.25) is 4.79 Å². The second kappa shape index (κ2) is 8.15. The van der Waals surface area contributed by atoms with Crippen LogP contribution in [0.5, 0.6) is 0 Å². The highest BCUT2D eigenvalue weighted by atomic mass is 16.5. The molecule has 1 saturated heterocycles. The molecule has 1 aliphatic heterocycles. The maximum Gasteiger partial charge on any atom is 0.236 e. The molecular weight excluding hydrogens is 264 g/mol. The number of nitrogens with one attached hydrogen (secondary N) is 1. The van der Waals surface area contributed by atoms with Crippen LogP contribution in [0.25, 0.3) is 0 Å². The van der Waals surface area contributed by atoms with E-state index >= 15 is 0 Å². The average Bonchev–Trinajstić information content (AvgIpc) is 2.94. The topological polar surface area (TPSA) is 41.6 Å². The maximum atomic E-state index is 12.3. The van der Waals surface area contributed by atoms with Crippen LogP contribution in [0.4, 0.5) is 0 Å². The minimum atomic E-state index is 0.209. The quantitative estimate of drug-likeness (QED) is 0.778. The number of carbonyl (C=O) groups excluding carboxylic acids is 1. The van der Waals surface area contributed by atoms with Crippen LogP contribution in [0.1, 0.15) is 24.0 Å². The number of likely N-dealkylation sites (tertiary alicyclic amines) is 1. The smallest absolute Gasteiger partial charge is 0.236 e. The van der Waals surface area contributed by atoms with Gasteiger partial charge in [0.15, 0.2) is 0 Å². The zero-order chi connectivity index (χ0) is 15.1. The molecule has 1 fully saturated rings. The summed E-state index contributed by atoms with van der Waals surface area (Å²) in [6, 6.07) is 8.98. The summed E-state index contributed by atoms with van der Waals surface area (Å²) in [6.07, 6.45) is 3.18. The van der Waals surface area contributed by atoms with Gasteiger partial charge in [0.2, 0.25) is 5.91 Å². The third-order valence-corrected chi connectivity index (χ3v) is 4.05. The van der Waals surface area contributed by atoms with Crippen molar-refractivity contribution in [2.75, 3.05) is 33.4 Å². The number of benzene rings is 1. The first-order chi connectivity index (χ1) is 10.2. The lowest BCUT2D eigenvalue weighted by atomic mass is 10.0. The van der Waals surface area contributed by atoms with Crippen molar-refractivity contribution >= 4 is 5.91 Å². The van der Waals surface area contributed by atoms with Gasteiger partial charge in [-0.1, -0.05) is 29.8 Å². The molecule has 116 valence electrons. The Morgan fingerprint density at radius 1 is 1.38 bits per heavy atom. The molecule has 4 heteroatoms. The number of amides is 1. The first-order valence-electron chi connectivity index (χ1n) is 7.75. The highest BCUT2D eigenvalue weighted by molar-refractivity contribution is 5.78. The van der Waals surface area contributed by atoms with E-state index < -0.39 is 0 Å². The summed E-state index contributed by atoms with van der Waals surface area (Å²) in [5.41, 5.74) is 2.60. The van der Waals surface area contributed by atoms with E-state index in [-0.39, 0.29) is 5.91 Å². The Bertz CT molecular complexity index is 445. The molecule has 1 amide bonds. The molecule has 0 aromatic heterocycles. The van der Waals surface area contributed by atoms with Crippen LogP contribution in [-0.4, -0.2) is 50.2 Å². The normalized spacial score (nSPS) is 18.2. The maximum absolute atomic E-state index is 12.3. The molecule has 0 saturated carbocycles. The average molecular weight is 290 g/mol. The van der Waals surface area contributed by atoms with E-state index in [9.17, 15) is 4.79 Å². The van der Waals surface area contributed by atoms with Gasteiger partial charge in [-0.05, 0) is 31.7 Å². The minimum absolute atomic E-state index is 0.209. The third-order valence-electron chi connectivity index (χ3n) is 4.05. The van der Waals surface area contributed by atoms with Crippen LogP contribution < -0.4 is 5.32 Å². The molecule has 2 rings (SSSR count). The summed E-state index contributed by atoms with van der Waals surface area (Å²) in [4.78, 5) is 14.3. The molecule has 1 heterocycles. The number of methoxy groups -OCH3 is 1. The molecule has 1 N–H and O–H groups in total. The fourth-order valence-corrected chi connectivity index (χ4v) is 2.84. The number of nitrogens with zero attached hydrogens (tertiary/aromatic N) is 1. The van der Waals surface area contributed by atoms with Crippen molar-refractivity contribution in [1.29, 1.82) is 0 Å². The standard InChI is InChI=1S/C17H26N2O2/c1-14-5-7-15(8-6-14)12-16-4-3-10-19(16)17(20)13-18-9-11-21-2/h5-8,16,18H,3-4,9-13H2,1-2H3. The van der Waals surface area contributed by atoms with Gasteiger partial charge in [0.1, 0.15) is 0 Å². The van der Waals surface area contributed by atoms with Crippen molar-refractivity contribution in [3.63, 3.8) is 0 Å². The number of rotatable bonds is 7. The molecule has 0 radical (unpaired) electrons. The molecule has 21 heavy (non-hydrogen) atoms. The van der Waals surface area contributed by atoms with Crippen LogP contribution in [-0.2, 0) is 16.0 Å². The fraction of sp³-hybridized carbons (Fsp3) is 0.588. The molecule has 4 nitrogen and oxygen atoms in total. The van der Waals surface area contributed by atoms with E-state index in [2.05, 4.69) is 36.5 Å². The summed E-state index contributed by atoms with van der Waals surface area (Å²) < 4.78 is 4.97. The SMILES string of the molecule is COCCNCC(=O)N1CCCC1Cc1ccc(C)cc1. The summed E-state index contributed by atoms with van der Waals surface area (Å²) in [5.74, 6) is 0.209. The molecule has 0 spiro atoms. The molecule has 1 aromatic rings. The molecule has 1 aliphatic rings. The predicted octanol–water partition coefficient (Wildman–Crippen LogP) is 1.76. The molecule has 1 atom stereocenters. The van der Waals surface area contributed by atoms with Crippen molar-refractivity contribution < 1.29 is 9.53 Å². The van der Waals surface area contributed by atoms with Crippen LogP contribution in [0.2, 0.25) is 0 Å². The summed E-state index contributed by atoms with van der Waals surface area (Å²) in [7, 11) is 1.67. The lowest BCUT2D eigenvalue weighted by molar-refractivity contribution is -0.131. The Kier molecular flexibility index (Phi) is 6.21. The van der Waals surface area contributed by atoms with E-state index in [0.29, 0.717) is 19.2 Å². The monoisotopic (exact) mass is 290 g/mol. The Morgan fingerprint density at radius 3 is 2.86 bits per heavy atom. The lowest BCUT2D eigenvalue weighted by Gasteiger charge is -2.25. The van der Waals surface area contributed by atoms with Gasteiger partial charge in [0, 0.05) is 26.2 Å². The number of carbonyl (C=O) groups is 1. The first kappa shape index (κ1) is 16.0. The van der Waals surface area contributed by atoms with Crippen LogP contribution in [0.3, 0.4) is 0 Å². The van der Waals surface area contributed by atoms with Crippen molar-refractivity contribution in [1.82, 2.24) is 10.2 Å². The summed E-state index contributed by atoms with van der Waals surface area (Å²) in [5, 5.41) is 3.14. The van der Waals surface area contributed by atoms with Gasteiger partial charge in [0.05, 0.1) is 13.2 Å². The van der Waals surface area contributed by atoms with Gasteiger partial charge >= 0.3 is 0 Å². The Hall–Kier alpha value is -1.39. The van der Waals surface area contributed by atoms with Gasteiger partial charge in [0.25, 0.3) is 0 Å². The van der Waals surface area contributed by atoms with Crippen molar-refractivity contribution in [3.8, 4) is 0 Å². The molecule has 0 bridgehead atoms.